The molecule has 26 heavy (non-hydrogen) atoms. The first-order valence-corrected chi connectivity index (χ1v) is 9.74. The van der Waals surface area contributed by atoms with Crippen LogP contribution in [-0.4, -0.2) is 33.1 Å². The lowest BCUT2D eigenvalue weighted by atomic mass is 9.81. The molecule has 2 aromatic heterocycles. The van der Waals surface area contributed by atoms with E-state index in [1.165, 1.54) is 17.4 Å². The van der Waals surface area contributed by atoms with E-state index in [1.54, 1.807) is 17.8 Å². The first-order valence-electron chi connectivity index (χ1n) is 8.86. The molecular formula is C20H22FN3OS. The van der Waals surface area contributed by atoms with Crippen LogP contribution in [0.1, 0.15) is 44.0 Å². The van der Waals surface area contributed by atoms with Crippen molar-refractivity contribution in [2.24, 2.45) is 5.41 Å². The third kappa shape index (κ3) is 3.08. The second-order valence-electron chi connectivity index (χ2n) is 7.68. The fourth-order valence-electron chi connectivity index (χ4n) is 3.66. The lowest BCUT2D eigenvalue weighted by molar-refractivity contribution is 0.104. The zero-order valence-electron chi connectivity index (χ0n) is 14.9. The van der Waals surface area contributed by atoms with Gasteiger partial charge in [-0.2, -0.15) is 0 Å². The molecule has 0 spiro atoms. The second-order valence-corrected chi connectivity index (χ2v) is 8.56. The summed E-state index contributed by atoms with van der Waals surface area (Å²) in [6.45, 7) is 6.20. The van der Waals surface area contributed by atoms with Crippen molar-refractivity contribution in [3.05, 3.63) is 53.0 Å². The molecule has 4 rings (SSSR count). The number of hydrogen-bond donors (Lipinski definition) is 1. The van der Waals surface area contributed by atoms with Crippen molar-refractivity contribution in [3.63, 3.8) is 0 Å². The largest absolute Gasteiger partial charge is 0.505 e. The molecule has 3 heterocycles. The Morgan fingerprint density at radius 2 is 1.96 bits per heavy atom. The van der Waals surface area contributed by atoms with Crippen LogP contribution in [0, 0.1) is 11.2 Å². The number of phenols is 1. The number of aromatic nitrogens is 2. The van der Waals surface area contributed by atoms with Crippen molar-refractivity contribution in [2.75, 3.05) is 13.1 Å². The quantitative estimate of drug-likeness (QED) is 0.722. The molecule has 1 saturated heterocycles. The molecule has 1 aliphatic heterocycles. The van der Waals surface area contributed by atoms with Gasteiger partial charge in [-0.3, -0.25) is 9.88 Å². The minimum Gasteiger partial charge on any atom is -0.505 e. The van der Waals surface area contributed by atoms with E-state index >= 15 is 0 Å². The Labute approximate surface area is 156 Å². The van der Waals surface area contributed by atoms with Crippen LogP contribution in [-0.2, 0) is 0 Å². The molecule has 4 nitrogen and oxygen atoms in total. The molecule has 136 valence electrons. The Morgan fingerprint density at radius 3 is 2.69 bits per heavy atom. The molecule has 1 aliphatic rings. The summed E-state index contributed by atoms with van der Waals surface area (Å²) in [5, 5.41) is 10.9. The lowest BCUT2D eigenvalue weighted by Crippen LogP contribution is -2.40. The van der Waals surface area contributed by atoms with Gasteiger partial charge < -0.3 is 5.11 Å². The zero-order valence-corrected chi connectivity index (χ0v) is 15.8. The average molecular weight is 371 g/mol. The number of nitrogens with zero attached hydrogens (tertiary/aromatic N) is 3. The Bertz CT molecular complexity index is 930. The van der Waals surface area contributed by atoms with Gasteiger partial charge in [0.05, 0.1) is 21.9 Å². The molecule has 0 aliphatic carbocycles. The number of likely N-dealkylation sites (tertiary alicyclic amines) is 1. The second kappa shape index (κ2) is 6.59. The molecule has 6 heteroatoms. The van der Waals surface area contributed by atoms with E-state index in [9.17, 15) is 9.50 Å². The molecule has 0 saturated carbocycles. The molecular weight excluding hydrogens is 349 g/mol. The Balaban J connectivity index is 1.82. The van der Waals surface area contributed by atoms with Gasteiger partial charge in [0, 0.05) is 11.8 Å². The molecule has 1 fully saturated rings. The third-order valence-corrected chi connectivity index (χ3v) is 6.16. The number of pyridine rings is 1. The molecule has 0 amide bonds. The van der Waals surface area contributed by atoms with Crippen LogP contribution in [0.25, 0.3) is 10.2 Å². The van der Waals surface area contributed by atoms with Crippen LogP contribution >= 0.6 is 11.3 Å². The molecule has 1 atom stereocenters. The van der Waals surface area contributed by atoms with Gasteiger partial charge in [0.15, 0.2) is 0 Å². The molecule has 0 bridgehead atoms. The van der Waals surface area contributed by atoms with E-state index in [0.29, 0.717) is 16.8 Å². The van der Waals surface area contributed by atoms with E-state index in [4.69, 9.17) is 0 Å². The number of phenolic OH excluding ortho intramolecular Hbond substituents is 1. The van der Waals surface area contributed by atoms with E-state index < -0.39 is 6.04 Å². The summed E-state index contributed by atoms with van der Waals surface area (Å²) in [7, 11) is 0. The fourth-order valence-corrected chi connectivity index (χ4v) is 4.34. The fraction of sp³-hybridized carbons (Fsp3) is 0.400. The van der Waals surface area contributed by atoms with Gasteiger partial charge in [-0.15, -0.1) is 11.3 Å². The van der Waals surface area contributed by atoms with Gasteiger partial charge in [-0.25, -0.2) is 9.37 Å². The average Bonchev–Trinajstić information content (AvgIpc) is 3.09. The minimum absolute atomic E-state index is 0.128. The Kier molecular flexibility index (Phi) is 4.40. The SMILES string of the molecule is CC1(C)CCN(C(c2ccc3scnc3c2O)c2ncccc2F)CC1. The number of hydrogen-bond acceptors (Lipinski definition) is 5. The van der Waals surface area contributed by atoms with E-state index in [-0.39, 0.29) is 17.0 Å². The predicted octanol–water partition coefficient (Wildman–Crippen LogP) is 4.75. The highest BCUT2D eigenvalue weighted by Crippen LogP contribution is 2.42. The number of rotatable bonds is 3. The van der Waals surface area contributed by atoms with E-state index in [2.05, 4.69) is 28.7 Å². The molecule has 3 aromatic rings. The van der Waals surface area contributed by atoms with Crippen molar-refractivity contribution in [2.45, 2.75) is 32.7 Å². The number of fused-ring (bicyclic) bond motifs is 1. The standard InChI is InChI=1S/C20H22FN3OS/c1-20(2)7-10-24(11-8-20)18(16-14(21)4-3-9-22-16)13-5-6-15-17(19(13)25)23-12-26-15/h3-6,9,12,18,25H,7-8,10-11H2,1-2H3. The summed E-state index contributed by atoms with van der Waals surface area (Å²) in [6, 6.07) is 6.44. The van der Waals surface area contributed by atoms with Crippen molar-refractivity contribution < 1.29 is 9.50 Å². The molecule has 1 aromatic carbocycles. The lowest BCUT2D eigenvalue weighted by Gasteiger charge is -2.41. The van der Waals surface area contributed by atoms with Gasteiger partial charge in [0.2, 0.25) is 0 Å². The highest BCUT2D eigenvalue weighted by atomic mass is 32.1. The third-order valence-electron chi connectivity index (χ3n) is 5.36. The van der Waals surface area contributed by atoms with Gasteiger partial charge >= 0.3 is 0 Å². The van der Waals surface area contributed by atoms with Gasteiger partial charge in [0.1, 0.15) is 17.1 Å². The van der Waals surface area contributed by atoms with Gasteiger partial charge in [-0.05, 0) is 49.5 Å². The smallest absolute Gasteiger partial charge is 0.147 e. The first-order chi connectivity index (χ1) is 12.5. The van der Waals surface area contributed by atoms with Crippen molar-refractivity contribution in [1.29, 1.82) is 0 Å². The maximum atomic E-state index is 14.6. The number of piperidine rings is 1. The predicted molar refractivity (Wildman–Crippen MR) is 102 cm³/mol. The van der Waals surface area contributed by atoms with Crippen LogP contribution in [0.4, 0.5) is 4.39 Å². The van der Waals surface area contributed by atoms with E-state index in [0.717, 1.165) is 30.6 Å². The van der Waals surface area contributed by atoms with Gasteiger partial charge in [0.25, 0.3) is 0 Å². The van der Waals surface area contributed by atoms with Crippen molar-refractivity contribution in [3.8, 4) is 5.75 Å². The summed E-state index contributed by atoms with van der Waals surface area (Å²) in [5.74, 6) is -0.219. The van der Waals surface area contributed by atoms with Gasteiger partial charge in [-0.1, -0.05) is 19.9 Å². The number of halogens is 1. The molecule has 0 radical (unpaired) electrons. The number of benzene rings is 1. The molecule has 1 unspecified atom stereocenters. The van der Waals surface area contributed by atoms with Crippen molar-refractivity contribution in [1.82, 2.24) is 14.9 Å². The van der Waals surface area contributed by atoms with Crippen LogP contribution in [0.2, 0.25) is 0 Å². The van der Waals surface area contributed by atoms with Crippen LogP contribution in [0.3, 0.4) is 0 Å². The van der Waals surface area contributed by atoms with E-state index in [1.807, 2.05) is 12.1 Å². The monoisotopic (exact) mass is 371 g/mol. The van der Waals surface area contributed by atoms with Crippen LogP contribution in [0.15, 0.2) is 36.0 Å². The van der Waals surface area contributed by atoms with Crippen molar-refractivity contribution >= 4 is 21.6 Å². The maximum absolute atomic E-state index is 14.6. The van der Waals surface area contributed by atoms with Crippen LogP contribution < -0.4 is 0 Å². The zero-order chi connectivity index (χ0) is 18.3. The summed E-state index contributed by atoms with van der Waals surface area (Å²) in [4.78, 5) is 10.8. The number of aromatic hydroxyl groups is 1. The normalized spacial score (nSPS) is 18.9. The first kappa shape index (κ1) is 17.4. The highest BCUT2D eigenvalue weighted by Gasteiger charge is 2.34. The van der Waals surface area contributed by atoms with Crippen LogP contribution in [0.5, 0.6) is 5.75 Å². The molecule has 1 N–H and O–H groups in total. The Hall–Kier alpha value is -2.05. The summed E-state index contributed by atoms with van der Waals surface area (Å²) in [6.07, 6.45) is 3.66. The minimum atomic E-state index is -0.418. The topological polar surface area (TPSA) is 49.2 Å². The highest BCUT2D eigenvalue weighted by molar-refractivity contribution is 7.16. The summed E-state index contributed by atoms with van der Waals surface area (Å²) >= 11 is 1.48. The Morgan fingerprint density at radius 1 is 1.19 bits per heavy atom. The summed E-state index contributed by atoms with van der Waals surface area (Å²) < 4.78 is 15.6. The summed E-state index contributed by atoms with van der Waals surface area (Å²) in [5.41, 5.74) is 3.60. The number of thiazole rings is 1. The maximum Gasteiger partial charge on any atom is 0.147 e.